The van der Waals surface area contributed by atoms with Gasteiger partial charge in [0.2, 0.25) is 5.95 Å². The van der Waals surface area contributed by atoms with Crippen LogP contribution >= 0.6 is 0 Å². The average molecular weight is 320 g/mol. The van der Waals surface area contributed by atoms with Crippen molar-refractivity contribution in [2.75, 3.05) is 37.6 Å². The van der Waals surface area contributed by atoms with E-state index in [9.17, 15) is 9.59 Å². The van der Waals surface area contributed by atoms with Gasteiger partial charge >= 0.3 is 0 Å². The summed E-state index contributed by atoms with van der Waals surface area (Å²) in [5.74, 6) is 0.816. The van der Waals surface area contributed by atoms with Gasteiger partial charge in [-0.3, -0.25) is 14.6 Å². The first-order chi connectivity index (χ1) is 11.1. The Labute approximate surface area is 136 Å². The van der Waals surface area contributed by atoms with Crippen LogP contribution < -0.4 is 20.7 Å². The van der Waals surface area contributed by atoms with Crippen molar-refractivity contribution in [2.45, 2.75) is 39.2 Å². The lowest BCUT2D eigenvalue weighted by Gasteiger charge is -2.32. The highest BCUT2D eigenvalue weighted by atomic mass is 16.2. The van der Waals surface area contributed by atoms with Crippen LogP contribution in [0.2, 0.25) is 0 Å². The number of rotatable bonds is 5. The van der Waals surface area contributed by atoms with E-state index in [4.69, 9.17) is 0 Å². The molecule has 2 heterocycles. The quantitative estimate of drug-likeness (QED) is 0.625. The summed E-state index contributed by atoms with van der Waals surface area (Å²) in [5.41, 5.74) is 1.54. The number of hydrogen-bond acceptors (Lipinski definition) is 4. The number of amides is 1. The van der Waals surface area contributed by atoms with Gasteiger partial charge in [-0.2, -0.15) is 0 Å². The van der Waals surface area contributed by atoms with Gasteiger partial charge in [-0.15, -0.1) is 0 Å². The minimum atomic E-state index is -0.0337. The van der Waals surface area contributed by atoms with Crippen molar-refractivity contribution in [3.05, 3.63) is 21.6 Å². The number of aryl methyl sites for hydroxylation is 1. The molecule has 1 aliphatic heterocycles. The lowest BCUT2D eigenvalue weighted by molar-refractivity contribution is -0.892. The second-order valence-corrected chi connectivity index (χ2v) is 6.56. The molecule has 7 heteroatoms. The van der Waals surface area contributed by atoms with E-state index in [2.05, 4.69) is 20.2 Å². The van der Waals surface area contributed by atoms with Crippen LogP contribution in [0.5, 0.6) is 0 Å². The first kappa shape index (κ1) is 16.0. The predicted octanol–water partition coefficient (Wildman–Crippen LogP) is -1.38. The number of nitrogens with one attached hydrogen (secondary N) is 3. The third kappa shape index (κ3) is 3.90. The maximum Gasteiger partial charge on any atom is 0.275 e. The molecule has 2 aliphatic rings. The second-order valence-electron chi connectivity index (χ2n) is 6.56. The van der Waals surface area contributed by atoms with Crippen LogP contribution in [0.25, 0.3) is 0 Å². The number of nitrogens with zero attached hydrogens (tertiary/aromatic N) is 2. The summed E-state index contributed by atoms with van der Waals surface area (Å²) in [5, 5.41) is 3.04. The maximum atomic E-state index is 12.1. The molecule has 0 spiro atoms. The van der Waals surface area contributed by atoms with Gasteiger partial charge in [0.25, 0.3) is 11.5 Å². The zero-order chi connectivity index (χ0) is 16.4. The van der Waals surface area contributed by atoms with E-state index in [1.165, 1.54) is 4.90 Å². The Kier molecular flexibility index (Phi) is 4.66. The Hall–Kier alpha value is -1.89. The standard InChI is InChI=1S/C16H25N5O2/c1-3-13-11(2)17-16(19-15(13)23)21-8-6-20(7-9-21)10-14(22)18-12-4-5-12/h12H,3-10H2,1-2H3,(H,18,22)(H,17,19,23)/p+1. The van der Waals surface area contributed by atoms with Crippen LogP contribution in [0, 0.1) is 6.92 Å². The Bertz CT molecular complexity index is 630. The Morgan fingerprint density at radius 3 is 2.65 bits per heavy atom. The molecule has 1 saturated heterocycles. The molecule has 0 radical (unpaired) electrons. The largest absolute Gasteiger partial charge is 0.348 e. The van der Waals surface area contributed by atoms with Crippen molar-refractivity contribution < 1.29 is 9.69 Å². The number of quaternary nitrogens is 1. The van der Waals surface area contributed by atoms with Gasteiger partial charge in [-0.25, -0.2) is 4.98 Å². The lowest BCUT2D eigenvalue weighted by atomic mass is 10.2. The molecule has 7 nitrogen and oxygen atoms in total. The van der Waals surface area contributed by atoms with Crippen LogP contribution in [-0.4, -0.2) is 54.6 Å². The van der Waals surface area contributed by atoms with E-state index in [1.54, 1.807) is 0 Å². The monoisotopic (exact) mass is 320 g/mol. The summed E-state index contributed by atoms with van der Waals surface area (Å²) < 4.78 is 0. The van der Waals surface area contributed by atoms with Crippen molar-refractivity contribution in [2.24, 2.45) is 0 Å². The smallest absolute Gasteiger partial charge is 0.275 e. The molecule has 3 rings (SSSR count). The normalized spacial score (nSPS) is 19.0. The van der Waals surface area contributed by atoms with Crippen molar-refractivity contribution in [3.8, 4) is 0 Å². The van der Waals surface area contributed by atoms with Gasteiger partial charge in [-0.05, 0) is 26.2 Å². The van der Waals surface area contributed by atoms with Gasteiger partial charge in [-0.1, -0.05) is 6.92 Å². The highest BCUT2D eigenvalue weighted by molar-refractivity contribution is 5.77. The number of aromatic nitrogens is 2. The summed E-state index contributed by atoms with van der Waals surface area (Å²) in [4.78, 5) is 34.8. The summed E-state index contributed by atoms with van der Waals surface area (Å²) in [6.07, 6.45) is 2.95. The third-order valence-corrected chi connectivity index (χ3v) is 4.69. The number of piperazine rings is 1. The molecule has 0 bridgehead atoms. The van der Waals surface area contributed by atoms with Crippen LogP contribution in [0.15, 0.2) is 4.79 Å². The minimum Gasteiger partial charge on any atom is -0.348 e. The van der Waals surface area contributed by atoms with Crippen molar-refractivity contribution >= 4 is 11.9 Å². The molecule has 0 aromatic carbocycles. The number of carbonyl (C=O) groups is 1. The molecular formula is C16H26N5O2+. The van der Waals surface area contributed by atoms with E-state index in [-0.39, 0.29) is 11.5 Å². The molecule has 0 unspecified atom stereocenters. The van der Waals surface area contributed by atoms with Crippen LogP contribution in [0.1, 0.15) is 31.0 Å². The van der Waals surface area contributed by atoms with E-state index >= 15 is 0 Å². The molecule has 1 aliphatic carbocycles. The lowest BCUT2D eigenvalue weighted by Crippen LogP contribution is -3.16. The van der Waals surface area contributed by atoms with Gasteiger partial charge < -0.3 is 15.1 Å². The van der Waals surface area contributed by atoms with E-state index in [1.807, 2.05) is 13.8 Å². The second kappa shape index (κ2) is 6.70. The van der Waals surface area contributed by atoms with Crippen LogP contribution in [-0.2, 0) is 11.2 Å². The average Bonchev–Trinajstić information content (AvgIpc) is 3.31. The minimum absolute atomic E-state index is 0.0337. The van der Waals surface area contributed by atoms with Crippen LogP contribution in [0.4, 0.5) is 5.95 Å². The Morgan fingerprint density at radius 2 is 2.09 bits per heavy atom. The maximum absolute atomic E-state index is 12.1. The third-order valence-electron chi connectivity index (χ3n) is 4.69. The number of hydrogen-bond donors (Lipinski definition) is 3. The summed E-state index contributed by atoms with van der Waals surface area (Å²) in [7, 11) is 0. The van der Waals surface area contributed by atoms with Gasteiger partial charge in [0.1, 0.15) is 0 Å². The number of aromatic amines is 1. The molecule has 23 heavy (non-hydrogen) atoms. The van der Waals surface area contributed by atoms with Gasteiger partial charge in [0, 0.05) is 17.3 Å². The first-order valence-corrected chi connectivity index (χ1v) is 8.54. The first-order valence-electron chi connectivity index (χ1n) is 8.54. The summed E-state index contributed by atoms with van der Waals surface area (Å²) in [6.45, 7) is 7.78. The highest BCUT2D eigenvalue weighted by Crippen LogP contribution is 2.18. The molecule has 1 aromatic heterocycles. The van der Waals surface area contributed by atoms with Crippen molar-refractivity contribution in [1.82, 2.24) is 15.3 Å². The van der Waals surface area contributed by atoms with Crippen LogP contribution in [0.3, 0.4) is 0 Å². The molecule has 1 saturated carbocycles. The molecular weight excluding hydrogens is 294 g/mol. The number of H-pyrrole nitrogens is 1. The van der Waals surface area contributed by atoms with E-state index < -0.39 is 0 Å². The fourth-order valence-electron chi connectivity index (χ4n) is 3.11. The zero-order valence-electron chi connectivity index (χ0n) is 13.9. The zero-order valence-corrected chi connectivity index (χ0v) is 13.9. The SMILES string of the molecule is CCc1c(C)nc(N2CC[NH+](CC(=O)NC3CC3)CC2)[nH]c1=O. The highest BCUT2D eigenvalue weighted by Gasteiger charge is 2.27. The fraction of sp³-hybridized carbons (Fsp3) is 0.688. The number of anilines is 1. The van der Waals surface area contributed by atoms with E-state index in [0.29, 0.717) is 25.0 Å². The number of carbonyl (C=O) groups excluding carboxylic acids is 1. The summed E-state index contributed by atoms with van der Waals surface area (Å²) in [6, 6.07) is 0.428. The van der Waals surface area contributed by atoms with Crippen molar-refractivity contribution in [1.29, 1.82) is 0 Å². The molecule has 2 fully saturated rings. The predicted molar refractivity (Wildman–Crippen MR) is 87.9 cm³/mol. The molecule has 3 N–H and O–H groups in total. The molecule has 1 amide bonds. The Morgan fingerprint density at radius 1 is 1.39 bits per heavy atom. The van der Waals surface area contributed by atoms with Crippen molar-refractivity contribution in [3.63, 3.8) is 0 Å². The van der Waals surface area contributed by atoms with Gasteiger partial charge in [0.05, 0.1) is 26.2 Å². The fourth-order valence-corrected chi connectivity index (χ4v) is 3.11. The topological polar surface area (TPSA) is 82.5 Å². The molecule has 1 aromatic rings. The summed E-state index contributed by atoms with van der Waals surface area (Å²) >= 11 is 0. The van der Waals surface area contributed by atoms with E-state index in [0.717, 1.165) is 50.3 Å². The van der Waals surface area contributed by atoms with Gasteiger partial charge in [0.15, 0.2) is 6.54 Å². The molecule has 126 valence electrons. The Balaban J connectivity index is 1.56. The molecule has 0 atom stereocenters.